The first-order chi connectivity index (χ1) is 14.1. The zero-order valence-corrected chi connectivity index (χ0v) is 16.9. The van der Waals surface area contributed by atoms with Crippen molar-refractivity contribution in [3.63, 3.8) is 0 Å². The van der Waals surface area contributed by atoms with Gasteiger partial charge in [0, 0.05) is 32.4 Å². The number of rotatable bonds is 4. The first kappa shape index (κ1) is 18.9. The predicted molar refractivity (Wildman–Crippen MR) is 120 cm³/mol. The second kappa shape index (κ2) is 8.29. The number of carbonyl (C=O) groups is 2. The van der Waals surface area contributed by atoms with Crippen LogP contribution in [-0.2, 0) is 0 Å². The van der Waals surface area contributed by atoms with Crippen LogP contribution in [0.5, 0.6) is 0 Å². The Morgan fingerprint density at radius 3 is 1.93 bits per heavy atom. The van der Waals surface area contributed by atoms with Gasteiger partial charge in [-0.1, -0.05) is 52.3 Å². The molecule has 0 aliphatic carbocycles. The van der Waals surface area contributed by atoms with Crippen LogP contribution in [0.15, 0.2) is 95.5 Å². The van der Waals surface area contributed by atoms with Gasteiger partial charge in [0.1, 0.15) is 0 Å². The van der Waals surface area contributed by atoms with E-state index in [1.807, 2.05) is 54.6 Å². The van der Waals surface area contributed by atoms with Gasteiger partial charge in [0.15, 0.2) is 0 Å². The quantitative estimate of drug-likeness (QED) is 0.399. The highest BCUT2D eigenvalue weighted by Crippen LogP contribution is 2.23. The smallest absolute Gasteiger partial charge is 0.255 e. The number of fused-ring (bicyclic) bond motifs is 1. The zero-order valence-electron chi connectivity index (χ0n) is 15.4. The Bertz CT molecular complexity index is 1180. The third kappa shape index (κ3) is 4.36. The van der Waals surface area contributed by atoms with Crippen LogP contribution in [0.25, 0.3) is 10.8 Å². The molecule has 0 aromatic heterocycles. The summed E-state index contributed by atoms with van der Waals surface area (Å²) in [5.41, 5.74) is 2.46. The van der Waals surface area contributed by atoms with Crippen molar-refractivity contribution in [2.24, 2.45) is 0 Å². The van der Waals surface area contributed by atoms with E-state index in [0.717, 1.165) is 20.9 Å². The third-order valence-electron chi connectivity index (χ3n) is 4.55. The van der Waals surface area contributed by atoms with Gasteiger partial charge >= 0.3 is 0 Å². The summed E-state index contributed by atoms with van der Waals surface area (Å²) in [6.45, 7) is 0. The largest absolute Gasteiger partial charge is 0.322 e. The second-order valence-corrected chi connectivity index (χ2v) is 7.43. The van der Waals surface area contributed by atoms with Crippen LogP contribution in [0, 0.1) is 0 Å². The van der Waals surface area contributed by atoms with Crippen molar-refractivity contribution in [2.45, 2.75) is 0 Å². The SMILES string of the molecule is O=C(Nc1ccc(C(=O)Nc2cccc3ccccc23)cc1)c1ccc(Br)cc1. The number of benzene rings is 4. The molecule has 4 aromatic carbocycles. The minimum Gasteiger partial charge on any atom is -0.322 e. The predicted octanol–water partition coefficient (Wildman–Crippen LogP) is 6.11. The lowest BCUT2D eigenvalue weighted by Crippen LogP contribution is -2.13. The fraction of sp³-hybridized carbons (Fsp3) is 0. The summed E-state index contributed by atoms with van der Waals surface area (Å²) in [5.74, 6) is -0.405. The zero-order chi connectivity index (χ0) is 20.2. The molecule has 0 fully saturated rings. The molecule has 0 saturated heterocycles. The van der Waals surface area contributed by atoms with Crippen molar-refractivity contribution in [1.82, 2.24) is 0 Å². The van der Waals surface area contributed by atoms with Crippen molar-refractivity contribution < 1.29 is 9.59 Å². The molecule has 0 unspecified atom stereocenters. The molecule has 29 heavy (non-hydrogen) atoms. The first-order valence-corrected chi connectivity index (χ1v) is 9.85. The van der Waals surface area contributed by atoms with E-state index in [4.69, 9.17) is 0 Å². The van der Waals surface area contributed by atoms with Crippen LogP contribution in [0.1, 0.15) is 20.7 Å². The molecule has 0 saturated carbocycles. The maximum atomic E-state index is 12.6. The van der Waals surface area contributed by atoms with Gasteiger partial charge < -0.3 is 10.6 Å². The first-order valence-electron chi connectivity index (χ1n) is 9.06. The number of halogens is 1. The highest BCUT2D eigenvalue weighted by atomic mass is 79.9. The number of carbonyl (C=O) groups excluding carboxylic acids is 2. The third-order valence-corrected chi connectivity index (χ3v) is 5.08. The second-order valence-electron chi connectivity index (χ2n) is 6.52. The minimum absolute atomic E-state index is 0.202. The molecule has 0 atom stereocenters. The summed E-state index contributed by atoms with van der Waals surface area (Å²) in [6, 6.07) is 27.6. The molecule has 4 aromatic rings. The van der Waals surface area contributed by atoms with Crippen LogP contribution in [0.2, 0.25) is 0 Å². The number of hydrogen-bond donors (Lipinski definition) is 2. The lowest BCUT2D eigenvalue weighted by atomic mass is 10.1. The molecule has 0 heterocycles. The highest BCUT2D eigenvalue weighted by Gasteiger charge is 2.10. The van der Waals surface area contributed by atoms with Crippen LogP contribution < -0.4 is 10.6 Å². The van der Waals surface area contributed by atoms with Gasteiger partial charge in [0.2, 0.25) is 0 Å². The Hall–Kier alpha value is -3.44. The summed E-state index contributed by atoms with van der Waals surface area (Å²) in [5, 5.41) is 7.85. The Balaban J connectivity index is 1.46. The lowest BCUT2D eigenvalue weighted by Gasteiger charge is -2.10. The van der Waals surface area contributed by atoms with Gasteiger partial charge in [-0.15, -0.1) is 0 Å². The van der Waals surface area contributed by atoms with E-state index in [1.165, 1.54) is 0 Å². The fourth-order valence-corrected chi connectivity index (χ4v) is 3.30. The monoisotopic (exact) mass is 444 g/mol. The van der Waals surface area contributed by atoms with Gasteiger partial charge in [-0.05, 0) is 60.0 Å². The van der Waals surface area contributed by atoms with Crippen LogP contribution >= 0.6 is 15.9 Å². The highest BCUT2D eigenvalue weighted by molar-refractivity contribution is 9.10. The van der Waals surface area contributed by atoms with E-state index in [0.29, 0.717) is 16.8 Å². The van der Waals surface area contributed by atoms with Gasteiger partial charge in [-0.2, -0.15) is 0 Å². The number of hydrogen-bond acceptors (Lipinski definition) is 2. The summed E-state index contributed by atoms with van der Waals surface area (Å²) >= 11 is 3.35. The van der Waals surface area contributed by atoms with Gasteiger partial charge in [-0.25, -0.2) is 0 Å². The standard InChI is InChI=1S/C24H17BrN2O2/c25-19-12-8-17(9-13-19)23(28)26-20-14-10-18(11-15-20)24(29)27-22-7-3-5-16-4-1-2-6-21(16)22/h1-15H,(H,26,28)(H,27,29). The van der Waals surface area contributed by atoms with E-state index < -0.39 is 0 Å². The Labute approximate surface area is 176 Å². The lowest BCUT2D eigenvalue weighted by molar-refractivity contribution is 0.102. The average Bonchev–Trinajstić information content (AvgIpc) is 2.75. The topological polar surface area (TPSA) is 58.2 Å². The van der Waals surface area contributed by atoms with E-state index in [2.05, 4.69) is 26.6 Å². The van der Waals surface area contributed by atoms with E-state index in [1.54, 1.807) is 36.4 Å². The molecular weight excluding hydrogens is 428 g/mol. The van der Waals surface area contributed by atoms with Crippen LogP contribution in [-0.4, -0.2) is 11.8 Å². The van der Waals surface area contributed by atoms with Crippen LogP contribution in [0.4, 0.5) is 11.4 Å². The van der Waals surface area contributed by atoms with Crippen LogP contribution in [0.3, 0.4) is 0 Å². The van der Waals surface area contributed by atoms with Crippen molar-refractivity contribution >= 4 is 49.9 Å². The van der Waals surface area contributed by atoms with Gasteiger partial charge in [0.25, 0.3) is 11.8 Å². The van der Waals surface area contributed by atoms with Crippen molar-refractivity contribution in [3.8, 4) is 0 Å². The molecule has 0 spiro atoms. The number of nitrogens with one attached hydrogen (secondary N) is 2. The molecule has 0 aliphatic rings. The summed E-state index contributed by atoms with van der Waals surface area (Å²) in [6.07, 6.45) is 0. The maximum Gasteiger partial charge on any atom is 0.255 e. The van der Waals surface area contributed by atoms with E-state index in [-0.39, 0.29) is 11.8 Å². The molecule has 4 nitrogen and oxygen atoms in total. The summed E-state index contributed by atoms with van der Waals surface area (Å²) in [4.78, 5) is 24.9. The normalized spacial score (nSPS) is 10.5. The summed E-state index contributed by atoms with van der Waals surface area (Å²) in [7, 11) is 0. The molecule has 142 valence electrons. The summed E-state index contributed by atoms with van der Waals surface area (Å²) < 4.78 is 0.913. The number of amides is 2. The molecule has 2 amide bonds. The Morgan fingerprint density at radius 2 is 1.21 bits per heavy atom. The van der Waals surface area contributed by atoms with E-state index >= 15 is 0 Å². The minimum atomic E-state index is -0.203. The Morgan fingerprint density at radius 1 is 0.621 bits per heavy atom. The van der Waals surface area contributed by atoms with E-state index in [9.17, 15) is 9.59 Å². The van der Waals surface area contributed by atoms with Crippen molar-refractivity contribution in [3.05, 3.63) is 107 Å². The molecule has 0 radical (unpaired) electrons. The van der Waals surface area contributed by atoms with Crippen molar-refractivity contribution in [2.75, 3.05) is 10.6 Å². The fourth-order valence-electron chi connectivity index (χ4n) is 3.04. The van der Waals surface area contributed by atoms with Crippen molar-refractivity contribution in [1.29, 1.82) is 0 Å². The molecule has 0 aliphatic heterocycles. The van der Waals surface area contributed by atoms with Gasteiger partial charge in [-0.3, -0.25) is 9.59 Å². The average molecular weight is 445 g/mol. The molecule has 2 N–H and O–H groups in total. The van der Waals surface area contributed by atoms with Gasteiger partial charge in [0.05, 0.1) is 0 Å². The molecule has 4 rings (SSSR count). The Kier molecular flexibility index (Phi) is 5.40. The molecule has 5 heteroatoms. The number of anilines is 2. The molecule has 0 bridgehead atoms. The maximum absolute atomic E-state index is 12.6. The molecular formula is C24H17BrN2O2.